The minimum atomic E-state index is -0.723. The second-order valence-corrected chi connectivity index (χ2v) is 7.49. The quantitative estimate of drug-likeness (QED) is 0.356. The molecule has 164 valence electrons. The third-order valence-corrected chi connectivity index (χ3v) is 5.07. The van der Waals surface area contributed by atoms with E-state index in [0.717, 1.165) is 4.47 Å². The fraction of sp³-hybridized carbons (Fsp3) is 0.125. The van der Waals surface area contributed by atoms with E-state index in [1.807, 2.05) is 0 Å². The first-order chi connectivity index (χ1) is 15.4. The highest BCUT2D eigenvalue weighted by molar-refractivity contribution is 9.10. The number of anilines is 1. The summed E-state index contributed by atoms with van der Waals surface area (Å²) in [5, 5.41) is 2.70. The third kappa shape index (κ3) is 5.53. The maximum atomic E-state index is 12.7. The molecule has 0 aliphatic heterocycles. The molecule has 0 unspecified atom stereocenters. The van der Waals surface area contributed by atoms with Crippen LogP contribution in [0.1, 0.15) is 31.1 Å². The number of halogens is 1. The topological polar surface area (TPSA) is 90.9 Å². The van der Waals surface area contributed by atoms with Gasteiger partial charge in [0.25, 0.3) is 5.91 Å². The van der Waals surface area contributed by atoms with Crippen molar-refractivity contribution in [1.29, 1.82) is 0 Å². The summed E-state index contributed by atoms with van der Waals surface area (Å²) in [6, 6.07) is 17.9. The minimum Gasteiger partial charge on any atom is -0.493 e. The maximum absolute atomic E-state index is 12.7. The van der Waals surface area contributed by atoms with Crippen molar-refractivity contribution in [3.63, 3.8) is 0 Å². The van der Waals surface area contributed by atoms with Crippen LogP contribution in [0.15, 0.2) is 71.2 Å². The smallest absolute Gasteiger partial charge is 0.340 e. The largest absolute Gasteiger partial charge is 0.493 e. The number of amides is 1. The average Bonchev–Trinajstić information content (AvgIpc) is 2.82. The molecule has 0 fully saturated rings. The Bertz CT molecular complexity index is 1140. The number of benzene rings is 3. The van der Waals surface area contributed by atoms with Gasteiger partial charge in [-0.3, -0.25) is 9.59 Å². The molecule has 0 radical (unpaired) electrons. The first kappa shape index (κ1) is 23.0. The van der Waals surface area contributed by atoms with Crippen molar-refractivity contribution in [3.8, 4) is 11.5 Å². The van der Waals surface area contributed by atoms with Crippen LogP contribution in [-0.4, -0.2) is 38.5 Å². The lowest BCUT2D eigenvalue weighted by Gasteiger charge is -2.12. The van der Waals surface area contributed by atoms with Gasteiger partial charge in [-0.05, 0) is 42.5 Å². The Labute approximate surface area is 193 Å². The Morgan fingerprint density at radius 1 is 0.844 bits per heavy atom. The van der Waals surface area contributed by atoms with Crippen LogP contribution in [0.4, 0.5) is 5.69 Å². The lowest BCUT2D eigenvalue weighted by Crippen LogP contribution is -2.18. The van der Waals surface area contributed by atoms with Crippen molar-refractivity contribution in [3.05, 3.63) is 87.9 Å². The van der Waals surface area contributed by atoms with E-state index in [1.165, 1.54) is 26.4 Å². The Morgan fingerprint density at radius 2 is 1.50 bits per heavy atom. The number of methoxy groups -OCH3 is 2. The van der Waals surface area contributed by atoms with Gasteiger partial charge in [-0.15, -0.1) is 0 Å². The van der Waals surface area contributed by atoms with Gasteiger partial charge in [0.05, 0.1) is 25.5 Å². The standard InChI is InChI=1S/C24H20BrNO6/c1-30-21-12-9-16(13-22(21)31-2)23(28)26-19-6-4-3-5-18(19)24(29)32-14-20(27)15-7-10-17(25)11-8-15/h3-13H,14H2,1-2H3,(H,26,28). The number of nitrogens with one attached hydrogen (secondary N) is 1. The lowest BCUT2D eigenvalue weighted by molar-refractivity contribution is 0.0475. The monoisotopic (exact) mass is 497 g/mol. The molecular formula is C24H20BrNO6. The fourth-order valence-electron chi connectivity index (χ4n) is 2.87. The zero-order chi connectivity index (χ0) is 23.1. The number of ether oxygens (including phenoxy) is 3. The van der Waals surface area contributed by atoms with Gasteiger partial charge in [-0.2, -0.15) is 0 Å². The molecular weight excluding hydrogens is 478 g/mol. The Hall–Kier alpha value is -3.65. The van der Waals surface area contributed by atoms with Crippen LogP contribution in [-0.2, 0) is 4.74 Å². The summed E-state index contributed by atoms with van der Waals surface area (Å²) in [7, 11) is 2.97. The highest BCUT2D eigenvalue weighted by atomic mass is 79.9. The Kier molecular flexibility index (Phi) is 7.62. The predicted octanol–water partition coefficient (Wildman–Crippen LogP) is 4.76. The number of Topliss-reactive ketones (excluding diaryl/α,β-unsaturated/α-hetero) is 1. The summed E-state index contributed by atoms with van der Waals surface area (Å²) >= 11 is 3.30. The van der Waals surface area contributed by atoms with E-state index < -0.39 is 18.5 Å². The fourth-order valence-corrected chi connectivity index (χ4v) is 3.13. The molecule has 8 heteroatoms. The molecule has 0 aromatic heterocycles. The molecule has 0 saturated heterocycles. The molecule has 1 N–H and O–H groups in total. The van der Waals surface area contributed by atoms with E-state index in [0.29, 0.717) is 22.6 Å². The summed E-state index contributed by atoms with van der Waals surface area (Å²) in [4.78, 5) is 37.6. The summed E-state index contributed by atoms with van der Waals surface area (Å²) in [6.07, 6.45) is 0. The normalized spacial score (nSPS) is 10.2. The lowest BCUT2D eigenvalue weighted by atomic mass is 10.1. The summed E-state index contributed by atoms with van der Waals surface area (Å²) < 4.78 is 16.4. The van der Waals surface area contributed by atoms with Crippen LogP contribution in [0.2, 0.25) is 0 Å². The first-order valence-electron chi connectivity index (χ1n) is 9.51. The van der Waals surface area contributed by atoms with Crippen molar-refractivity contribution in [2.24, 2.45) is 0 Å². The van der Waals surface area contributed by atoms with Crippen LogP contribution in [0, 0.1) is 0 Å². The highest BCUT2D eigenvalue weighted by Crippen LogP contribution is 2.28. The summed E-state index contributed by atoms with van der Waals surface area (Å²) in [6.45, 7) is -0.418. The molecule has 7 nitrogen and oxygen atoms in total. The molecule has 32 heavy (non-hydrogen) atoms. The molecule has 0 spiro atoms. The molecule has 3 rings (SSSR count). The number of carbonyl (C=O) groups is 3. The molecule has 3 aromatic rings. The predicted molar refractivity (Wildman–Crippen MR) is 123 cm³/mol. The SMILES string of the molecule is COc1ccc(C(=O)Nc2ccccc2C(=O)OCC(=O)c2ccc(Br)cc2)cc1OC. The van der Waals surface area contributed by atoms with Gasteiger partial charge in [0.2, 0.25) is 0 Å². The van der Waals surface area contributed by atoms with E-state index in [2.05, 4.69) is 21.2 Å². The minimum absolute atomic E-state index is 0.130. The van der Waals surface area contributed by atoms with Crippen LogP contribution in [0.25, 0.3) is 0 Å². The number of hydrogen-bond acceptors (Lipinski definition) is 6. The molecule has 3 aromatic carbocycles. The number of rotatable bonds is 8. The van der Waals surface area contributed by atoms with Crippen LogP contribution in [0.5, 0.6) is 11.5 Å². The molecule has 0 heterocycles. The Morgan fingerprint density at radius 3 is 2.19 bits per heavy atom. The number of esters is 1. The average molecular weight is 498 g/mol. The van der Waals surface area contributed by atoms with Gasteiger partial charge in [0, 0.05) is 15.6 Å². The van der Waals surface area contributed by atoms with Gasteiger partial charge < -0.3 is 19.5 Å². The van der Waals surface area contributed by atoms with Gasteiger partial charge >= 0.3 is 5.97 Å². The zero-order valence-electron chi connectivity index (χ0n) is 17.4. The van der Waals surface area contributed by atoms with E-state index in [9.17, 15) is 14.4 Å². The van der Waals surface area contributed by atoms with Crippen LogP contribution < -0.4 is 14.8 Å². The van der Waals surface area contributed by atoms with Gasteiger partial charge in [0.1, 0.15) is 0 Å². The number of hydrogen-bond donors (Lipinski definition) is 1. The van der Waals surface area contributed by atoms with Crippen LogP contribution >= 0.6 is 15.9 Å². The van der Waals surface area contributed by atoms with Crippen molar-refractivity contribution in [2.75, 3.05) is 26.1 Å². The highest BCUT2D eigenvalue weighted by Gasteiger charge is 2.18. The molecule has 0 atom stereocenters. The molecule has 0 bridgehead atoms. The van der Waals surface area contributed by atoms with E-state index in [1.54, 1.807) is 54.6 Å². The number of carbonyl (C=O) groups excluding carboxylic acids is 3. The van der Waals surface area contributed by atoms with Crippen molar-refractivity contribution in [1.82, 2.24) is 0 Å². The number of ketones is 1. The first-order valence-corrected chi connectivity index (χ1v) is 10.3. The Balaban J connectivity index is 1.71. The number of para-hydroxylation sites is 1. The van der Waals surface area contributed by atoms with Crippen LogP contribution in [0.3, 0.4) is 0 Å². The van der Waals surface area contributed by atoms with Gasteiger partial charge in [0.15, 0.2) is 23.9 Å². The molecule has 0 aliphatic rings. The zero-order valence-corrected chi connectivity index (χ0v) is 19.0. The van der Waals surface area contributed by atoms with Gasteiger partial charge in [-0.1, -0.05) is 40.2 Å². The molecule has 1 amide bonds. The summed E-state index contributed by atoms with van der Waals surface area (Å²) in [5.41, 5.74) is 1.13. The van der Waals surface area contributed by atoms with Crippen molar-refractivity contribution >= 4 is 39.3 Å². The van der Waals surface area contributed by atoms with E-state index in [-0.39, 0.29) is 17.0 Å². The molecule has 0 saturated carbocycles. The van der Waals surface area contributed by atoms with Crippen molar-refractivity contribution < 1.29 is 28.6 Å². The van der Waals surface area contributed by atoms with E-state index >= 15 is 0 Å². The van der Waals surface area contributed by atoms with Gasteiger partial charge in [-0.25, -0.2) is 4.79 Å². The third-order valence-electron chi connectivity index (χ3n) is 4.54. The maximum Gasteiger partial charge on any atom is 0.340 e. The van der Waals surface area contributed by atoms with Crippen molar-refractivity contribution in [2.45, 2.75) is 0 Å². The molecule has 0 aliphatic carbocycles. The second kappa shape index (κ2) is 10.6. The summed E-state index contributed by atoms with van der Waals surface area (Å²) in [5.74, 6) is -0.615. The van der Waals surface area contributed by atoms with E-state index in [4.69, 9.17) is 14.2 Å². The second-order valence-electron chi connectivity index (χ2n) is 6.58.